The first-order valence-corrected chi connectivity index (χ1v) is 7.50. The van der Waals surface area contributed by atoms with Crippen LogP contribution in [0.4, 0.5) is 0 Å². The summed E-state index contributed by atoms with van der Waals surface area (Å²) in [6.45, 7) is 5.99. The second-order valence-corrected chi connectivity index (χ2v) is 5.68. The summed E-state index contributed by atoms with van der Waals surface area (Å²) in [5.74, 6) is 2.17. The van der Waals surface area contributed by atoms with Crippen molar-refractivity contribution in [3.63, 3.8) is 0 Å². The Morgan fingerprint density at radius 1 is 1.42 bits per heavy atom. The Bertz CT molecular complexity index is 429. The molecule has 0 amide bonds. The van der Waals surface area contributed by atoms with Crippen molar-refractivity contribution in [1.29, 1.82) is 0 Å². The molecule has 1 aromatic rings. The average Bonchev–Trinajstić information content (AvgIpc) is 2.98. The number of nitrogens with zero attached hydrogens (tertiary/aromatic N) is 2. The molecule has 2 atom stereocenters. The Kier molecular flexibility index (Phi) is 4.09. The number of rotatable bonds is 4. The first kappa shape index (κ1) is 13.0. The lowest BCUT2D eigenvalue weighted by molar-refractivity contribution is 0.193. The second kappa shape index (κ2) is 5.97. The number of aryl methyl sites for hydroxylation is 1. The third-order valence-corrected chi connectivity index (χ3v) is 4.25. The molecule has 1 saturated heterocycles. The van der Waals surface area contributed by atoms with Gasteiger partial charge in [0.1, 0.15) is 5.82 Å². The van der Waals surface area contributed by atoms with E-state index in [4.69, 9.17) is 9.72 Å². The van der Waals surface area contributed by atoms with Gasteiger partial charge in [-0.1, -0.05) is 6.92 Å². The molecule has 0 radical (unpaired) electrons. The molecule has 1 N–H and O–H groups in total. The molecule has 0 spiro atoms. The zero-order valence-electron chi connectivity index (χ0n) is 11.7. The zero-order chi connectivity index (χ0) is 13.1. The van der Waals surface area contributed by atoms with Gasteiger partial charge in [0.15, 0.2) is 0 Å². The van der Waals surface area contributed by atoms with Gasteiger partial charge in [0, 0.05) is 24.4 Å². The van der Waals surface area contributed by atoms with Crippen LogP contribution in [0.1, 0.15) is 42.8 Å². The lowest BCUT2D eigenvalue weighted by atomic mass is 9.87. The van der Waals surface area contributed by atoms with Gasteiger partial charge in [-0.2, -0.15) is 0 Å². The first-order chi connectivity index (χ1) is 9.36. The summed E-state index contributed by atoms with van der Waals surface area (Å²) < 4.78 is 5.43. The van der Waals surface area contributed by atoms with Gasteiger partial charge >= 0.3 is 0 Å². The maximum absolute atomic E-state index is 5.43. The average molecular weight is 261 g/mol. The number of aromatic nitrogens is 2. The monoisotopic (exact) mass is 261 g/mol. The van der Waals surface area contributed by atoms with E-state index in [9.17, 15) is 0 Å². The third-order valence-electron chi connectivity index (χ3n) is 4.25. The van der Waals surface area contributed by atoms with E-state index in [-0.39, 0.29) is 0 Å². The fraction of sp³-hybridized carbons (Fsp3) is 0.733. The van der Waals surface area contributed by atoms with Gasteiger partial charge in [0.05, 0.1) is 6.61 Å². The van der Waals surface area contributed by atoms with Crippen molar-refractivity contribution in [3.8, 4) is 0 Å². The quantitative estimate of drug-likeness (QED) is 0.896. The Hall–Kier alpha value is -1.00. The smallest absolute Gasteiger partial charge is 0.134 e. The highest BCUT2D eigenvalue weighted by molar-refractivity contribution is 5.22. The van der Waals surface area contributed by atoms with E-state index >= 15 is 0 Å². The van der Waals surface area contributed by atoms with Crippen LogP contribution in [0.15, 0.2) is 6.20 Å². The molecule has 1 fully saturated rings. The molecular weight excluding hydrogens is 238 g/mol. The summed E-state index contributed by atoms with van der Waals surface area (Å²) in [4.78, 5) is 9.38. The minimum Gasteiger partial charge on any atom is -0.381 e. The fourth-order valence-electron chi connectivity index (χ4n) is 3.06. The predicted octanol–water partition coefficient (Wildman–Crippen LogP) is 1.69. The summed E-state index contributed by atoms with van der Waals surface area (Å²) in [6.07, 6.45) is 6.62. The van der Waals surface area contributed by atoms with E-state index in [0.29, 0.717) is 5.92 Å². The topological polar surface area (TPSA) is 47.0 Å². The highest BCUT2D eigenvalue weighted by atomic mass is 16.5. The standard InChI is InChI=1S/C15H23N3O/c1-2-16-8-11-3-4-14-13(7-11)9-17-15(18-14)12-5-6-19-10-12/h9,11-12,16H,2-8,10H2,1H3. The lowest BCUT2D eigenvalue weighted by Crippen LogP contribution is -2.28. The Morgan fingerprint density at radius 2 is 2.37 bits per heavy atom. The van der Waals surface area contributed by atoms with Crippen LogP contribution in [0.25, 0.3) is 0 Å². The molecule has 2 aliphatic rings. The van der Waals surface area contributed by atoms with Crippen molar-refractivity contribution in [3.05, 3.63) is 23.3 Å². The molecule has 0 saturated carbocycles. The molecule has 1 aliphatic carbocycles. The molecular formula is C15H23N3O. The van der Waals surface area contributed by atoms with E-state index in [1.807, 2.05) is 0 Å². The predicted molar refractivity (Wildman–Crippen MR) is 74.3 cm³/mol. The first-order valence-electron chi connectivity index (χ1n) is 7.50. The summed E-state index contributed by atoms with van der Waals surface area (Å²) in [5, 5.41) is 3.45. The molecule has 3 rings (SSSR count). The molecule has 4 heteroatoms. The summed E-state index contributed by atoms with van der Waals surface area (Å²) in [5.41, 5.74) is 2.64. The van der Waals surface area contributed by atoms with Crippen LogP contribution in [0, 0.1) is 5.92 Å². The van der Waals surface area contributed by atoms with Gasteiger partial charge in [0.2, 0.25) is 0 Å². The second-order valence-electron chi connectivity index (χ2n) is 5.68. The van der Waals surface area contributed by atoms with Crippen LogP contribution in [0.2, 0.25) is 0 Å². The van der Waals surface area contributed by atoms with E-state index < -0.39 is 0 Å². The van der Waals surface area contributed by atoms with Crippen molar-refractivity contribution < 1.29 is 4.74 Å². The summed E-state index contributed by atoms with van der Waals surface area (Å²) in [6, 6.07) is 0. The molecule has 1 aromatic heterocycles. The number of hydrogen-bond acceptors (Lipinski definition) is 4. The maximum Gasteiger partial charge on any atom is 0.134 e. The van der Waals surface area contributed by atoms with Gasteiger partial charge in [-0.25, -0.2) is 9.97 Å². The van der Waals surface area contributed by atoms with Crippen LogP contribution in [-0.2, 0) is 17.6 Å². The highest BCUT2D eigenvalue weighted by Crippen LogP contribution is 2.27. The van der Waals surface area contributed by atoms with E-state index in [1.165, 1.54) is 17.7 Å². The molecule has 2 heterocycles. The molecule has 19 heavy (non-hydrogen) atoms. The molecule has 0 bridgehead atoms. The zero-order valence-corrected chi connectivity index (χ0v) is 11.7. The number of ether oxygens (including phenoxy) is 1. The van der Waals surface area contributed by atoms with Gasteiger partial charge in [-0.3, -0.25) is 0 Å². The van der Waals surface area contributed by atoms with Gasteiger partial charge < -0.3 is 10.1 Å². The van der Waals surface area contributed by atoms with Crippen LogP contribution >= 0.6 is 0 Å². The molecule has 2 unspecified atom stereocenters. The normalized spacial score (nSPS) is 26.4. The van der Waals surface area contributed by atoms with Crippen molar-refractivity contribution in [2.75, 3.05) is 26.3 Å². The largest absolute Gasteiger partial charge is 0.381 e. The van der Waals surface area contributed by atoms with E-state index in [2.05, 4.69) is 23.4 Å². The Labute approximate surface area is 115 Å². The summed E-state index contributed by atoms with van der Waals surface area (Å²) in [7, 11) is 0. The maximum atomic E-state index is 5.43. The van der Waals surface area contributed by atoms with Gasteiger partial charge in [-0.05, 0) is 50.3 Å². The molecule has 104 valence electrons. The van der Waals surface area contributed by atoms with Crippen molar-refractivity contribution in [2.24, 2.45) is 5.92 Å². The third kappa shape index (κ3) is 2.95. The van der Waals surface area contributed by atoms with Crippen LogP contribution in [0.5, 0.6) is 0 Å². The van der Waals surface area contributed by atoms with E-state index in [1.54, 1.807) is 0 Å². The minimum atomic E-state index is 0.421. The molecule has 4 nitrogen and oxygen atoms in total. The van der Waals surface area contributed by atoms with Crippen LogP contribution in [0.3, 0.4) is 0 Å². The van der Waals surface area contributed by atoms with Gasteiger partial charge in [-0.15, -0.1) is 0 Å². The number of fused-ring (bicyclic) bond motifs is 1. The number of nitrogens with one attached hydrogen (secondary N) is 1. The summed E-state index contributed by atoms with van der Waals surface area (Å²) >= 11 is 0. The Balaban J connectivity index is 1.69. The van der Waals surface area contributed by atoms with Crippen molar-refractivity contribution >= 4 is 0 Å². The van der Waals surface area contributed by atoms with E-state index in [0.717, 1.165) is 57.3 Å². The number of hydrogen-bond donors (Lipinski definition) is 1. The van der Waals surface area contributed by atoms with Crippen LogP contribution < -0.4 is 5.32 Å². The van der Waals surface area contributed by atoms with Gasteiger partial charge in [0.25, 0.3) is 0 Å². The van der Waals surface area contributed by atoms with Crippen molar-refractivity contribution in [1.82, 2.24) is 15.3 Å². The minimum absolute atomic E-state index is 0.421. The van der Waals surface area contributed by atoms with Crippen molar-refractivity contribution in [2.45, 2.75) is 38.5 Å². The highest BCUT2D eigenvalue weighted by Gasteiger charge is 2.24. The van der Waals surface area contributed by atoms with Crippen LogP contribution in [-0.4, -0.2) is 36.3 Å². The Morgan fingerprint density at radius 3 is 3.16 bits per heavy atom. The SMILES string of the molecule is CCNCC1CCc2nc(C3CCOC3)ncc2C1. The molecule has 1 aliphatic heterocycles. The fourth-order valence-corrected chi connectivity index (χ4v) is 3.06. The molecule has 0 aromatic carbocycles. The lowest BCUT2D eigenvalue weighted by Gasteiger charge is -2.24.